The van der Waals surface area contributed by atoms with E-state index in [0.717, 1.165) is 22.5 Å². The number of carbonyl (C=O) groups is 1. The second kappa shape index (κ2) is 7.35. The molecule has 3 aromatic rings. The van der Waals surface area contributed by atoms with Crippen molar-refractivity contribution in [2.75, 3.05) is 10.6 Å². The average molecular weight is 346 g/mol. The molecule has 0 saturated heterocycles. The number of nitrogens with zero attached hydrogens (tertiary/aromatic N) is 2. The molecule has 2 N–H and O–H groups in total. The third-order valence-corrected chi connectivity index (χ3v) is 4.52. The standard InChI is InChI=1S/C21H22N4O/c1-13-8-9-17(10-15(13)3)24-20-12-22-19(11-23-20)21(26)25-18-7-5-6-14(2)16(18)4/h5-12H,1-4H3,(H,23,24)(H,25,26). The lowest BCUT2D eigenvalue weighted by atomic mass is 10.1. The van der Waals surface area contributed by atoms with Crippen molar-refractivity contribution in [1.29, 1.82) is 0 Å². The van der Waals surface area contributed by atoms with Crippen LogP contribution in [0.1, 0.15) is 32.7 Å². The average Bonchev–Trinajstić information content (AvgIpc) is 2.63. The van der Waals surface area contributed by atoms with Crippen molar-refractivity contribution in [3.8, 4) is 0 Å². The van der Waals surface area contributed by atoms with Gasteiger partial charge in [-0.25, -0.2) is 9.97 Å². The number of hydrogen-bond acceptors (Lipinski definition) is 4. The monoisotopic (exact) mass is 346 g/mol. The number of rotatable bonds is 4. The molecule has 1 heterocycles. The lowest BCUT2D eigenvalue weighted by Crippen LogP contribution is -2.15. The maximum atomic E-state index is 12.4. The Labute approximate surface area is 153 Å². The van der Waals surface area contributed by atoms with Crippen molar-refractivity contribution in [3.05, 3.63) is 76.7 Å². The van der Waals surface area contributed by atoms with Crippen molar-refractivity contribution in [3.63, 3.8) is 0 Å². The van der Waals surface area contributed by atoms with Crippen LogP contribution < -0.4 is 10.6 Å². The Balaban J connectivity index is 1.71. The van der Waals surface area contributed by atoms with Gasteiger partial charge in [-0.05, 0) is 68.1 Å². The molecule has 132 valence electrons. The highest BCUT2D eigenvalue weighted by atomic mass is 16.1. The van der Waals surface area contributed by atoms with Crippen LogP contribution in [0.5, 0.6) is 0 Å². The predicted molar refractivity (Wildman–Crippen MR) is 105 cm³/mol. The highest BCUT2D eigenvalue weighted by Crippen LogP contribution is 2.20. The first-order valence-electron chi connectivity index (χ1n) is 8.48. The van der Waals surface area contributed by atoms with Crippen LogP contribution in [0.2, 0.25) is 0 Å². The van der Waals surface area contributed by atoms with Crippen LogP contribution in [0.15, 0.2) is 48.8 Å². The van der Waals surface area contributed by atoms with Crippen LogP contribution in [0.4, 0.5) is 17.2 Å². The van der Waals surface area contributed by atoms with Crippen LogP contribution in [-0.4, -0.2) is 15.9 Å². The summed E-state index contributed by atoms with van der Waals surface area (Å²) in [6.07, 6.45) is 3.04. The highest BCUT2D eigenvalue weighted by molar-refractivity contribution is 6.03. The van der Waals surface area contributed by atoms with E-state index < -0.39 is 0 Å². The normalized spacial score (nSPS) is 10.5. The summed E-state index contributed by atoms with van der Waals surface area (Å²) in [5.41, 5.74) is 6.61. The Morgan fingerprint density at radius 1 is 0.885 bits per heavy atom. The van der Waals surface area contributed by atoms with E-state index in [1.54, 1.807) is 6.20 Å². The fourth-order valence-corrected chi connectivity index (χ4v) is 2.55. The quantitative estimate of drug-likeness (QED) is 0.718. The highest BCUT2D eigenvalue weighted by Gasteiger charge is 2.10. The first-order chi connectivity index (χ1) is 12.4. The van der Waals surface area contributed by atoms with Crippen molar-refractivity contribution in [1.82, 2.24) is 9.97 Å². The number of anilines is 3. The SMILES string of the molecule is Cc1ccc(Nc2cnc(C(=O)Nc3cccc(C)c3C)cn2)cc1C. The van der Waals surface area contributed by atoms with Crippen molar-refractivity contribution in [2.24, 2.45) is 0 Å². The van der Waals surface area contributed by atoms with Crippen molar-refractivity contribution >= 4 is 23.1 Å². The van der Waals surface area contributed by atoms with Crippen LogP contribution in [0.25, 0.3) is 0 Å². The molecule has 5 heteroatoms. The van der Waals surface area contributed by atoms with Crippen LogP contribution in [0, 0.1) is 27.7 Å². The van der Waals surface area contributed by atoms with Crippen molar-refractivity contribution in [2.45, 2.75) is 27.7 Å². The molecule has 3 rings (SSSR count). The predicted octanol–water partition coefficient (Wildman–Crippen LogP) is 4.71. The van der Waals surface area contributed by atoms with E-state index >= 15 is 0 Å². The van der Waals surface area contributed by atoms with Gasteiger partial charge in [-0.3, -0.25) is 4.79 Å². The zero-order valence-corrected chi connectivity index (χ0v) is 15.4. The molecule has 0 radical (unpaired) electrons. The molecule has 0 unspecified atom stereocenters. The largest absolute Gasteiger partial charge is 0.339 e. The number of benzene rings is 2. The van der Waals surface area contributed by atoms with Gasteiger partial charge in [0.25, 0.3) is 5.91 Å². The first-order valence-corrected chi connectivity index (χ1v) is 8.48. The summed E-state index contributed by atoms with van der Waals surface area (Å²) in [6.45, 7) is 8.13. The minimum absolute atomic E-state index is 0.274. The summed E-state index contributed by atoms with van der Waals surface area (Å²) in [6, 6.07) is 11.9. The second-order valence-electron chi connectivity index (χ2n) is 6.41. The molecule has 2 aromatic carbocycles. The summed E-state index contributed by atoms with van der Waals surface area (Å²) in [5.74, 6) is 0.320. The summed E-state index contributed by atoms with van der Waals surface area (Å²) in [5, 5.41) is 6.09. The van der Waals surface area contributed by atoms with E-state index in [1.807, 2.05) is 38.1 Å². The number of nitrogens with one attached hydrogen (secondary N) is 2. The van der Waals surface area contributed by atoms with Gasteiger partial charge in [0.05, 0.1) is 12.4 Å². The van der Waals surface area contributed by atoms with E-state index in [-0.39, 0.29) is 11.6 Å². The number of hydrogen-bond donors (Lipinski definition) is 2. The van der Waals surface area contributed by atoms with E-state index in [2.05, 4.69) is 46.6 Å². The fraction of sp³-hybridized carbons (Fsp3) is 0.190. The smallest absolute Gasteiger partial charge is 0.275 e. The molecule has 0 aliphatic heterocycles. The maximum Gasteiger partial charge on any atom is 0.275 e. The Bertz CT molecular complexity index is 949. The third kappa shape index (κ3) is 3.88. The zero-order chi connectivity index (χ0) is 18.7. The minimum atomic E-state index is -0.274. The van der Waals surface area contributed by atoms with Gasteiger partial charge in [0, 0.05) is 11.4 Å². The summed E-state index contributed by atoms with van der Waals surface area (Å²) in [7, 11) is 0. The van der Waals surface area contributed by atoms with Gasteiger partial charge in [-0.15, -0.1) is 0 Å². The molecule has 26 heavy (non-hydrogen) atoms. The van der Waals surface area contributed by atoms with Gasteiger partial charge in [0.1, 0.15) is 11.5 Å². The number of aryl methyl sites for hydroxylation is 3. The van der Waals surface area contributed by atoms with Crippen LogP contribution in [0.3, 0.4) is 0 Å². The summed E-state index contributed by atoms with van der Waals surface area (Å²) < 4.78 is 0. The first kappa shape index (κ1) is 17.6. The lowest BCUT2D eigenvalue weighted by molar-refractivity contribution is 0.102. The Hall–Kier alpha value is -3.21. The Morgan fingerprint density at radius 3 is 2.38 bits per heavy atom. The molecule has 0 aliphatic carbocycles. The Kier molecular flexibility index (Phi) is 4.98. The molecule has 0 fully saturated rings. The Morgan fingerprint density at radius 2 is 1.69 bits per heavy atom. The van der Waals surface area contributed by atoms with Gasteiger partial charge in [0.15, 0.2) is 0 Å². The van der Waals surface area contributed by atoms with Gasteiger partial charge in [-0.1, -0.05) is 18.2 Å². The minimum Gasteiger partial charge on any atom is -0.339 e. The van der Waals surface area contributed by atoms with Crippen LogP contribution >= 0.6 is 0 Å². The topological polar surface area (TPSA) is 66.9 Å². The van der Waals surface area contributed by atoms with Gasteiger partial charge in [-0.2, -0.15) is 0 Å². The second-order valence-corrected chi connectivity index (χ2v) is 6.41. The number of aromatic nitrogens is 2. The van der Waals surface area contributed by atoms with Crippen molar-refractivity contribution < 1.29 is 4.79 Å². The fourth-order valence-electron chi connectivity index (χ4n) is 2.55. The third-order valence-electron chi connectivity index (χ3n) is 4.52. The number of amides is 1. The number of carbonyl (C=O) groups excluding carboxylic acids is 1. The zero-order valence-electron chi connectivity index (χ0n) is 15.4. The van der Waals surface area contributed by atoms with E-state index in [0.29, 0.717) is 5.82 Å². The van der Waals surface area contributed by atoms with E-state index in [4.69, 9.17) is 0 Å². The van der Waals surface area contributed by atoms with Gasteiger partial charge < -0.3 is 10.6 Å². The molecule has 1 aromatic heterocycles. The molecule has 0 saturated carbocycles. The summed E-state index contributed by atoms with van der Waals surface area (Å²) in [4.78, 5) is 20.9. The van der Waals surface area contributed by atoms with E-state index in [9.17, 15) is 4.79 Å². The van der Waals surface area contributed by atoms with Crippen LogP contribution in [-0.2, 0) is 0 Å². The summed E-state index contributed by atoms with van der Waals surface area (Å²) >= 11 is 0. The molecular weight excluding hydrogens is 324 g/mol. The molecule has 0 aliphatic rings. The molecule has 0 atom stereocenters. The molecular formula is C21H22N4O. The van der Waals surface area contributed by atoms with Gasteiger partial charge in [0.2, 0.25) is 0 Å². The molecule has 5 nitrogen and oxygen atoms in total. The molecule has 0 bridgehead atoms. The maximum absolute atomic E-state index is 12.4. The van der Waals surface area contributed by atoms with Gasteiger partial charge >= 0.3 is 0 Å². The van der Waals surface area contributed by atoms with E-state index in [1.165, 1.54) is 17.3 Å². The molecule has 0 spiro atoms. The lowest BCUT2D eigenvalue weighted by Gasteiger charge is -2.10. The molecule has 1 amide bonds.